The standard InChI is InChI=1S/C20H21N3O4/c1-27-18-9-5-2-6-13(18)11-22-19(24)17(23-20(25)26)10-14-12-21-16-8-4-3-7-15(14)16/h2-9,12,17,21,23H,10-11H2,1H3,(H,22,24)(H,25,26). The average molecular weight is 367 g/mol. The SMILES string of the molecule is COc1ccccc1CNC(=O)C(Cc1c[nH]c2ccccc12)NC(=O)O. The van der Waals surface area contributed by atoms with Crippen LogP contribution in [0.4, 0.5) is 4.79 Å². The van der Waals surface area contributed by atoms with Crippen LogP contribution in [0.2, 0.25) is 0 Å². The molecule has 3 aromatic rings. The summed E-state index contributed by atoms with van der Waals surface area (Å²) < 4.78 is 5.27. The second kappa shape index (κ2) is 8.27. The van der Waals surface area contributed by atoms with Gasteiger partial charge in [0.05, 0.1) is 7.11 Å². The summed E-state index contributed by atoms with van der Waals surface area (Å²) in [5.41, 5.74) is 2.63. The Hall–Kier alpha value is -3.48. The molecular formula is C20H21N3O4. The molecule has 1 aromatic heterocycles. The van der Waals surface area contributed by atoms with Gasteiger partial charge < -0.3 is 25.5 Å². The fourth-order valence-electron chi connectivity index (χ4n) is 3.03. The van der Waals surface area contributed by atoms with Crippen LogP contribution in [0.15, 0.2) is 54.7 Å². The predicted molar refractivity (Wildman–Crippen MR) is 102 cm³/mol. The third kappa shape index (κ3) is 4.38. The average Bonchev–Trinajstić information content (AvgIpc) is 3.08. The van der Waals surface area contributed by atoms with Gasteiger partial charge in [-0.3, -0.25) is 4.79 Å². The van der Waals surface area contributed by atoms with Gasteiger partial charge in [0.25, 0.3) is 0 Å². The Bertz CT molecular complexity index is 951. The quantitative estimate of drug-likeness (QED) is 0.515. The van der Waals surface area contributed by atoms with E-state index in [1.807, 2.05) is 42.5 Å². The van der Waals surface area contributed by atoms with Gasteiger partial charge in [-0.1, -0.05) is 36.4 Å². The molecule has 7 nitrogen and oxygen atoms in total. The number of rotatable bonds is 7. The van der Waals surface area contributed by atoms with Gasteiger partial charge in [-0.05, 0) is 17.7 Å². The maximum Gasteiger partial charge on any atom is 0.405 e. The Kier molecular flexibility index (Phi) is 5.61. The summed E-state index contributed by atoms with van der Waals surface area (Å²) >= 11 is 0. The summed E-state index contributed by atoms with van der Waals surface area (Å²) in [6, 6.07) is 14.1. The molecule has 0 spiro atoms. The van der Waals surface area contributed by atoms with Gasteiger partial charge in [-0.2, -0.15) is 0 Å². The number of aromatic nitrogens is 1. The van der Waals surface area contributed by atoms with E-state index in [4.69, 9.17) is 9.84 Å². The molecular weight excluding hydrogens is 346 g/mol. The number of hydrogen-bond acceptors (Lipinski definition) is 3. The highest BCUT2D eigenvalue weighted by molar-refractivity contribution is 5.88. The van der Waals surface area contributed by atoms with Crippen molar-refractivity contribution in [3.05, 3.63) is 65.9 Å². The molecule has 1 atom stereocenters. The van der Waals surface area contributed by atoms with Gasteiger partial charge in [0.1, 0.15) is 11.8 Å². The first-order valence-electron chi connectivity index (χ1n) is 8.52. The number of benzene rings is 2. The number of nitrogens with one attached hydrogen (secondary N) is 3. The van der Waals surface area contributed by atoms with Crippen molar-refractivity contribution in [3.63, 3.8) is 0 Å². The maximum absolute atomic E-state index is 12.6. The second-order valence-electron chi connectivity index (χ2n) is 6.10. The summed E-state index contributed by atoms with van der Waals surface area (Å²) in [5, 5.41) is 15.2. The number of H-pyrrole nitrogens is 1. The smallest absolute Gasteiger partial charge is 0.405 e. The largest absolute Gasteiger partial charge is 0.496 e. The fraction of sp³-hybridized carbons (Fsp3) is 0.200. The first-order valence-corrected chi connectivity index (χ1v) is 8.52. The Morgan fingerprint density at radius 1 is 1.11 bits per heavy atom. The van der Waals surface area contributed by atoms with Crippen molar-refractivity contribution in [2.24, 2.45) is 0 Å². The number of aromatic amines is 1. The number of carboxylic acid groups (broad SMARTS) is 1. The predicted octanol–water partition coefficient (Wildman–Crippen LogP) is 2.67. The van der Waals surface area contributed by atoms with Crippen molar-refractivity contribution in [2.75, 3.05) is 7.11 Å². The first-order chi connectivity index (χ1) is 13.1. The van der Waals surface area contributed by atoms with Crippen LogP contribution in [-0.4, -0.2) is 35.2 Å². The van der Waals surface area contributed by atoms with Crippen molar-refractivity contribution in [3.8, 4) is 5.75 Å². The zero-order chi connectivity index (χ0) is 19.2. The molecule has 0 aliphatic carbocycles. The zero-order valence-electron chi connectivity index (χ0n) is 14.9. The molecule has 0 aliphatic heterocycles. The molecule has 0 bridgehead atoms. The molecule has 0 radical (unpaired) electrons. The van der Waals surface area contributed by atoms with Gasteiger partial charge in [0.15, 0.2) is 0 Å². The maximum atomic E-state index is 12.6. The Morgan fingerprint density at radius 3 is 2.63 bits per heavy atom. The minimum atomic E-state index is -1.24. The lowest BCUT2D eigenvalue weighted by Crippen LogP contribution is -2.47. The van der Waals surface area contributed by atoms with Crippen molar-refractivity contribution in [2.45, 2.75) is 19.0 Å². The molecule has 0 fully saturated rings. The van der Waals surface area contributed by atoms with Crippen LogP contribution in [0.5, 0.6) is 5.75 Å². The fourth-order valence-corrected chi connectivity index (χ4v) is 3.03. The third-order valence-corrected chi connectivity index (χ3v) is 4.36. The van der Waals surface area contributed by atoms with Crippen LogP contribution in [0.1, 0.15) is 11.1 Å². The van der Waals surface area contributed by atoms with Gasteiger partial charge in [0.2, 0.25) is 5.91 Å². The Morgan fingerprint density at radius 2 is 1.85 bits per heavy atom. The van der Waals surface area contributed by atoms with Crippen molar-refractivity contribution in [1.82, 2.24) is 15.6 Å². The minimum absolute atomic E-state index is 0.244. The van der Waals surface area contributed by atoms with Crippen molar-refractivity contribution >= 4 is 22.9 Å². The van der Waals surface area contributed by atoms with E-state index in [0.717, 1.165) is 22.0 Å². The number of hydrogen-bond donors (Lipinski definition) is 4. The van der Waals surface area contributed by atoms with E-state index in [1.54, 1.807) is 19.4 Å². The molecule has 1 heterocycles. The molecule has 3 rings (SSSR count). The number of carbonyl (C=O) groups is 2. The van der Waals surface area contributed by atoms with Gasteiger partial charge >= 0.3 is 6.09 Å². The summed E-state index contributed by atoms with van der Waals surface area (Å²) in [6.45, 7) is 0.245. The van der Waals surface area contributed by atoms with Crippen molar-refractivity contribution < 1.29 is 19.4 Å². The monoisotopic (exact) mass is 367 g/mol. The highest BCUT2D eigenvalue weighted by atomic mass is 16.5. The second-order valence-corrected chi connectivity index (χ2v) is 6.10. The molecule has 2 aromatic carbocycles. The van der Waals surface area contributed by atoms with Crippen LogP contribution in [-0.2, 0) is 17.8 Å². The van der Waals surface area contributed by atoms with E-state index >= 15 is 0 Å². The highest BCUT2D eigenvalue weighted by Gasteiger charge is 2.22. The van der Waals surface area contributed by atoms with E-state index in [9.17, 15) is 9.59 Å². The minimum Gasteiger partial charge on any atom is -0.496 e. The zero-order valence-corrected chi connectivity index (χ0v) is 14.9. The van der Waals surface area contributed by atoms with Crippen LogP contribution in [0.25, 0.3) is 10.9 Å². The number of ether oxygens (including phenoxy) is 1. The lowest BCUT2D eigenvalue weighted by atomic mass is 10.0. The molecule has 0 saturated carbocycles. The number of amides is 2. The molecule has 0 saturated heterocycles. The lowest BCUT2D eigenvalue weighted by molar-refractivity contribution is -0.123. The molecule has 27 heavy (non-hydrogen) atoms. The third-order valence-electron chi connectivity index (χ3n) is 4.36. The number of fused-ring (bicyclic) bond motifs is 1. The van der Waals surface area contributed by atoms with Gasteiger partial charge in [-0.25, -0.2) is 4.79 Å². The summed E-state index contributed by atoms with van der Waals surface area (Å²) in [6.07, 6.45) is 0.801. The molecule has 7 heteroatoms. The van der Waals surface area contributed by atoms with Gasteiger partial charge in [0, 0.05) is 35.6 Å². The first kappa shape index (κ1) is 18.3. The summed E-state index contributed by atoms with van der Waals surface area (Å²) in [7, 11) is 1.56. The van der Waals surface area contributed by atoms with Crippen LogP contribution in [0, 0.1) is 0 Å². The summed E-state index contributed by atoms with van der Waals surface area (Å²) in [5.74, 6) is 0.269. The van der Waals surface area contributed by atoms with Crippen LogP contribution >= 0.6 is 0 Å². The molecule has 140 valence electrons. The van der Waals surface area contributed by atoms with Crippen LogP contribution in [0.3, 0.4) is 0 Å². The van der Waals surface area contributed by atoms with E-state index in [2.05, 4.69) is 15.6 Å². The molecule has 1 unspecified atom stereocenters. The van der Waals surface area contributed by atoms with E-state index in [0.29, 0.717) is 5.75 Å². The highest BCUT2D eigenvalue weighted by Crippen LogP contribution is 2.20. The van der Waals surface area contributed by atoms with Crippen LogP contribution < -0.4 is 15.4 Å². The van der Waals surface area contributed by atoms with E-state index in [-0.39, 0.29) is 13.0 Å². The lowest BCUT2D eigenvalue weighted by Gasteiger charge is -2.17. The number of para-hydroxylation sites is 2. The molecule has 0 aliphatic rings. The number of carbonyl (C=O) groups excluding carboxylic acids is 1. The normalized spacial score (nSPS) is 11.7. The van der Waals surface area contributed by atoms with Crippen molar-refractivity contribution in [1.29, 1.82) is 0 Å². The van der Waals surface area contributed by atoms with E-state index < -0.39 is 18.0 Å². The Labute approximate surface area is 156 Å². The topological polar surface area (TPSA) is 103 Å². The van der Waals surface area contributed by atoms with Gasteiger partial charge in [-0.15, -0.1) is 0 Å². The number of methoxy groups -OCH3 is 1. The molecule has 2 amide bonds. The van der Waals surface area contributed by atoms with E-state index in [1.165, 1.54) is 0 Å². The summed E-state index contributed by atoms with van der Waals surface area (Å²) in [4.78, 5) is 26.9. The molecule has 4 N–H and O–H groups in total. The Balaban J connectivity index is 1.73.